The number of aromatic nitrogens is 2. The zero-order valence-corrected chi connectivity index (χ0v) is 14.5. The highest BCUT2D eigenvalue weighted by molar-refractivity contribution is 5.75. The molecule has 132 valence electrons. The van der Waals surface area contributed by atoms with E-state index in [0.717, 1.165) is 18.5 Å². The van der Waals surface area contributed by atoms with Gasteiger partial charge in [-0.25, -0.2) is 14.8 Å². The fourth-order valence-corrected chi connectivity index (χ4v) is 3.37. The maximum Gasteiger partial charge on any atom is 0.318 e. The van der Waals surface area contributed by atoms with Crippen molar-refractivity contribution in [3.8, 4) is 0 Å². The van der Waals surface area contributed by atoms with E-state index in [1.54, 1.807) is 12.3 Å². The lowest BCUT2D eigenvalue weighted by Gasteiger charge is -2.30. The molecule has 6 heteroatoms. The van der Waals surface area contributed by atoms with E-state index in [9.17, 15) is 9.90 Å². The summed E-state index contributed by atoms with van der Waals surface area (Å²) in [4.78, 5) is 23.0. The van der Waals surface area contributed by atoms with Crippen molar-refractivity contribution in [3.05, 3.63) is 59.2 Å². The summed E-state index contributed by atoms with van der Waals surface area (Å²) < 4.78 is 0. The zero-order valence-electron chi connectivity index (χ0n) is 14.5. The number of carbonyl (C=O) groups excluding carboxylic acids is 1. The number of nitrogens with zero attached hydrogens (tertiary/aromatic N) is 3. The molecule has 1 heterocycles. The highest BCUT2D eigenvalue weighted by Crippen LogP contribution is 2.35. The van der Waals surface area contributed by atoms with Crippen LogP contribution in [0.15, 0.2) is 36.5 Å². The number of aliphatic hydroxyl groups excluding tert-OH is 1. The van der Waals surface area contributed by atoms with Gasteiger partial charge in [-0.2, -0.15) is 0 Å². The minimum atomic E-state index is -0.119. The van der Waals surface area contributed by atoms with E-state index in [2.05, 4.69) is 27.4 Å². The molecule has 0 saturated heterocycles. The summed E-state index contributed by atoms with van der Waals surface area (Å²) in [6.45, 7) is 2.80. The number of rotatable bonds is 6. The van der Waals surface area contributed by atoms with E-state index in [-0.39, 0.29) is 18.7 Å². The van der Waals surface area contributed by atoms with Gasteiger partial charge in [-0.1, -0.05) is 24.3 Å². The van der Waals surface area contributed by atoms with E-state index in [1.807, 2.05) is 24.0 Å². The molecule has 0 spiro atoms. The van der Waals surface area contributed by atoms with Crippen molar-refractivity contribution in [2.24, 2.45) is 0 Å². The van der Waals surface area contributed by atoms with Crippen molar-refractivity contribution in [1.82, 2.24) is 20.2 Å². The Labute approximate surface area is 147 Å². The van der Waals surface area contributed by atoms with Gasteiger partial charge in [0.25, 0.3) is 0 Å². The number of fused-ring (bicyclic) bond motifs is 1. The van der Waals surface area contributed by atoms with Crippen LogP contribution in [0.1, 0.15) is 41.5 Å². The Kier molecular flexibility index (Phi) is 5.60. The fourth-order valence-electron chi connectivity index (χ4n) is 3.37. The molecule has 3 rings (SSSR count). The quantitative estimate of drug-likeness (QED) is 0.846. The van der Waals surface area contributed by atoms with Gasteiger partial charge in [-0.15, -0.1) is 0 Å². The Bertz CT molecular complexity index is 735. The van der Waals surface area contributed by atoms with E-state index >= 15 is 0 Å². The van der Waals surface area contributed by atoms with Gasteiger partial charge in [0, 0.05) is 19.3 Å². The molecule has 0 aliphatic heterocycles. The number of carbonyl (C=O) groups is 1. The third-order valence-corrected chi connectivity index (χ3v) is 4.55. The number of amides is 2. The first-order valence-corrected chi connectivity index (χ1v) is 8.70. The van der Waals surface area contributed by atoms with Crippen molar-refractivity contribution < 1.29 is 9.90 Å². The molecule has 0 fully saturated rings. The van der Waals surface area contributed by atoms with Crippen LogP contribution < -0.4 is 5.32 Å². The van der Waals surface area contributed by atoms with Crippen molar-refractivity contribution in [2.75, 3.05) is 13.2 Å². The van der Waals surface area contributed by atoms with Gasteiger partial charge in [-0.05, 0) is 43.4 Å². The second-order valence-corrected chi connectivity index (χ2v) is 6.28. The third kappa shape index (κ3) is 4.14. The highest BCUT2D eigenvalue weighted by Gasteiger charge is 2.30. The number of aryl methyl sites for hydroxylation is 2. The standard InChI is InChI=1S/C19H24N4O2/c1-14-20-10-9-16(22-14)13-21-19(25)23(11-4-12-24)18-8-7-15-5-2-3-6-17(15)18/h2-3,5-6,9-10,18,24H,4,7-8,11-13H2,1H3,(H,21,25)/t18-/m1/s1. The number of hydrogen-bond donors (Lipinski definition) is 2. The number of urea groups is 1. The smallest absolute Gasteiger partial charge is 0.318 e. The number of nitrogens with one attached hydrogen (secondary N) is 1. The van der Waals surface area contributed by atoms with Gasteiger partial charge >= 0.3 is 6.03 Å². The highest BCUT2D eigenvalue weighted by atomic mass is 16.3. The molecule has 2 N–H and O–H groups in total. The minimum Gasteiger partial charge on any atom is -0.396 e. The molecule has 0 radical (unpaired) electrons. The van der Waals surface area contributed by atoms with Crippen LogP contribution in [0.4, 0.5) is 4.79 Å². The third-order valence-electron chi connectivity index (χ3n) is 4.55. The molecule has 0 saturated carbocycles. The SMILES string of the molecule is Cc1nccc(CNC(=O)N(CCCO)[C@@H]2CCc3ccccc32)n1. The summed E-state index contributed by atoms with van der Waals surface area (Å²) in [6.07, 6.45) is 4.17. The Morgan fingerprint density at radius 2 is 2.20 bits per heavy atom. The van der Waals surface area contributed by atoms with Gasteiger partial charge in [0.2, 0.25) is 0 Å². The fraction of sp³-hybridized carbons (Fsp3) is 0.421. The summed E-state index contributed by atoms with van der Waals surface area (Å²) in [5.41, 5.74) is 3.31. The predicted molar refractivity (Wildman–Crippen MR) is 94.9 cm³/mol. The predicted octanol–water partition coefficient (Wildman–Crippen LogP) is 2.37. The second-order valence-electron chi connectivity index (χ2n) is 6.28. The van der Waals surface area contributed by atoms with Crippen LogP contribution in [0, 0.1) is 6.92 Å². The number of benzene rings is 1. The molecular formula is C19H24N4O2. The van der Waals surface area contributed by atoms with Crippen molar-refractivity contribution in [2.45, 2.75) is 38.8 Å². The molecule has 1 aliphatic rings. The van der Waals surface area contributed by atoms with Crippen molar-refractivity contribution in [1.29, 1.82) is 0 Å². The van der Waals surface area contributed by atoms with Crippen LogP contribution in [-0.2, 0) is 13.0 Å². The van der Waals surface area contributed by atoms with E-state index in [0.29, 0.717) is 25.3 Å². The van der Waals surface area contributed by atoms with Gasteiger partial charge in [0.05, 0.1) is 18.3 Å². The lowest BCUT2D eigenvalue weighted by molar-refractivity contribution is 0.164. The van der Waals surface area contributed by atoms with Gasteiger partial charge in [0.1, 0.15) is 5.82 Å². The maximum absolute atomic E-state index is 12.8. The molecule has 0 bridgehead atoms. The largest absolute Gasteiger partial charge is 0.396 e. The molecule has 2 amide bonds. The molecule has 1 aliphatic carbocycles. The maximum atomic E-state index is 12.8. The molecule has 1 aromatic carbocycles. The summed E-state index contributed by atoms with van der Waals surface area (Å²) in [6, 6.07) is 10.0. The van der Waals surface area contributed by atoms with Gasteiger partial charge in [0.15, 0.2) is 0 Å². The molecule has 2 aromatic rings. The molecule has 1 aromatic heterocycles. The van der Waals surface area contributed by atoms with Crippen LogP contribution in [0.3, 0.4) is 0 Å². The first-order valence-electron chi connectivity index (χ1n) is 8.70. The van der Waals surface area contributed by atoms with Crippen molar-refractivity contribution in [3.63, 3.8) is 0 Å². The van der Waals surface area contributed by atoms with E-state index < -0.39 is 0 Å². The topological polar surface area (TPSA) is 78.4 Å². The number of aliphatic hydroxyl groups is 1. The van der Waals surface area contributed by atoms with Crippen LogP contribution >= 0.6 is 0 Å². The van der Waals surface area contributed by atoms with Crippen molar-refractivity contribution >= 4 is 6.03 Å². The average Bonchev–Trinajstić information content (AvgIpc) is 3.04. The second kappa shape index (κ2) is 8.07. The first-order chi connectivity index (χ1) is 12.2. The summed E-state index contributed by atoms with van der Waals surface area (Å²) >= 11 is 0. The Balaban J connectivity index is 1.71. The lowest BCUT2D eigenvalue weighted by Crippen LogP contribution is -2.42. The van der Waals surface area contributed by atoms with E-state index in [1.165, 1.54) is 11.1 Å². The summed E-state index contributed by atoms with van der Waals surface area (Å²) in [5.74, 6) is 0.689. The zero-order chi connectivity index (χ0) is 17.6. The normalized spacial score (nSPS) is 15.7. The van der Waals surface area contributed by atoms with Gasteiger partial charge < -0.3 is 15.3 Å². The first kappa shape index (κ1) is 17.4. The van der Waals surface area contributed by atoms with Crippen LogP contribution in [-0.4, -0.2) is 39.2 Å². The molecular weight excluding hydrogens is 316 g/mol. The number of hydrogen-bond acceptors (Lipinski definition) is 4. The molecule has 6 nitrogen and oxygen atoms in total. The Hall–Kier alpha value is -2.47. The monoisotopic (exact) mass is 340 g/mol. The molecule has 25 heavy (non-hydrogen) atoms. The van der Waals surface area contributed by atoms with Crippen LogP contribution in [0.25, 0.3) is 0 Å². The minimum absolute atomic E-state index is 0.0647. The summed E-state index contributed by atoms with van der Waals surface area (Å²) in [7, 11) is 0. The average molecular weight is 340 g/mol. The van der Waals surface area contributed by atoms with Gasteiger partial charge in [-0.3, -0.25) is 0 Å². The Morgan fingerprint density at radius 1 is 1.36 bits per heavy atom. The lowest BCUT2D eigenvalue weighted by atomic mass is 10.1. The van der Waals surface area contributed by atoms with Crippen LogP contribution in [0.2, 0.25) is 0 Å². The Morgan fingerprint density at radius 3 is 3.00 bits per heavy atom. The molecule has 0 unspecified atom stereocenters. The summed E-state index contributed by atoms with van der Waals surface area (Å²) in [5, 5.41) is 12.2. The van der Waals surface area contributed by atoms with Crippen LogP contribution in [0.5, 0.6) is 0 Å². The van der Waals surface area contributed by atoms with E-state index in [4.69, 9.17) is 0 Å². The molecule has 1 atom stereocenters.